The number of rotatable bonds is 5. The zero-order valence-electron chi connectivity index (χ0n) is 11.3. The highest BCUT2D eigenvalue weighted by atomic mass is 19.1. The lowest BCUT2D eigenvalue weighted by molar-refractivity contribution is -0.143. The molecule has 100 valence electrons. The largest absolute Gasteiger partial charge is 0.468 e. The van der Waals surface area contributed by atoms with Crippen LogP contribution in [0.5, 0.6) is 0 Å². The van der Waals surface area contributed by atoms with Gasteiger partial charge in [-0.1, -0.05) is 13.0 Å². The van der Waals surface area contributed by atoms with E-state index in [0.29, 0.717) is 0 Å². The molecule has 0 aliphatic heterocycles. The van der Waals surface area contributed by atoms with Gasteiger partial charge in [0.15, 0.2) is 0 Å². The van der Waals surface area contributed by atoms with E-state index in [2.05, 4.69) is 5.32 Å². The van der Waals surface area contributed by atoms with Gasteiger partial charge in [-0.15, -0.1) is 0 Å². The van der Waals surface area contributed by atoms with Gasteiger partial charge in [0.05, 0.1) is 7.11 Å². The van der Waals surface area contributed by atoms with Gasteiger partial charge >= 0.3 is 5.97 Å². The van der Waals surface area contributed by atoms with E-state index in [9.17, 15) is 9.18 Å². The van der Waals surface area contributed by atoms with Gasteiger partial charge in [0.2, 0.25) is 0 Å². The first-order chi connectivity index (χ1) is 8.49. The molecule has 0 radical (unpaired) electrons. The third kappa shape index (κ3) is 3.53. The van der Waals surface area contributed by atoms with E-state index in [4.69, 9.17) is 4.74 Å². The molecule has 0 heterocycles. The number of aryl methyl sites for hydroxylation is 1. The molecule has 0 aliphatic rings. The number of methoxy groups -OCH3 is 1. The van der Waals surface area contributed by atoms with Crippen molar-refractivity contribution < 1.29 is 13.9 Å². The Balaban J connectivity index is 3.05. The summed E-state index contributed by atoms with van der Waals surface area (Å²) in [6, 6.07) is 4.03. The van der Waals surface area contributed by atoms with E-state index >= 15 is 0 Å². The summed E-state index contributed by atoms with van der Waals surface area (Å²) in [5.41, 5.74) is 1.49. The summed E-state index contributed by atoms with van der Waals surface area (Å²) in [6.45, 7) is 5.81. The summed E-state index contributed by atoms with van der Waals surface area (Å²) < 4.78 is 17.9. The van der Waals surface area contributed by atoms with Crippen molar-refractivity contribution in [3.8, 4) is 0 Å². The zero-order chi connectivity index (χ0) is 13.7. The fraction of sp³-hybridized carbons (Fsp3) is 0.500. The van der Waals surface area contributed by atoms with Crippen LogP contribution >= 0.6 is 0 Å². The van der Waals surface area contributed by atoms with Crippen molar-refractivity contribution in [2.75, 3.05) is 7.11 Å². The van der Waals surface area contributed by atoms with Crippen molar-refractivity contribution in [1.82, 2.24) is 5.32 Å². The van der Waals surface area contributed by atoms with Gasteiger partial charge < -0.3 is 4.74 Å². The first kappa shape index (κ1) is 14.6. The molecule has 1 N–H and O–H groups in total. The number of hydrogen-bond donors (Lipinski definition) is 1. The number of esters is 1. The first-order valence-corrected chi connectivity index (χ1v) is 6.09. The maximum absolute atomic E-state index is 13.1. The summed E-state index contributed by atoms with van der Waals surface area (Å²) in [5.74, 6) is -0.659. The molecule has 0 amide bonds. The maximum Gasteiger partial charge on any atom is 0.327 e. The van der Waals surface area contributed by atoms with Crippen LogP contribution in [0.15, 0.2) is 18.2 Å². The highest BCUT2D eigenvalue weighted by Gasteiger charge is 2.24. The summed E-state index contributed by atoms with van der Waals surface area (Å²) >= 11 is 0. The predicted octanol–water partition coefficient (Wildman–Crippen LogP) is 2.74. The van der Waals surface area contributed by atoms with Gasteiger partial charge in [-0.2, -0.15) is 0 Å². The molecule has 0 bridgehead atoms. The van der Waals surface area contributed by atoms with E-state index in [1.807, 2.05) is 13.8 Å². The highest BCUT2D eigenvalue weighted by Crippen LogP contribution is 2.21. The van der Waals surface area contributed by atoms with Crippen LogP contribution in [0, 0.1) is 12.7 Å². The molecule has 2 atom stereocenters. The van der Waals surface area contributed by atoms with Crippen LogP contribution in [-0.4, -0.2) is 19.1 Å². The van der Waals surface area contributed by atoms with Crippen LogP contribution in [0.3, 0.4) is 0 Å². The number of carbonyl (C=O) groups excluding carboxylic acids is 1. The lowest BCUT2D eigenvalue weighted by Crippen LogP contribution is -2.36. The van der Waals surface area contributed by atoms with Crippen LogP contribution < -0.4 is 5.32 Å². The fourth-order valence-corrected chi connectivity index (χ4v) is 1.77. The van der Waals surface area contributed by atoms with Crippen LogP contribution in [-0.2, 0) is 9.53 Å². The molecular weight excluding hydrogens is 233 g/mol. The lowest BCUT2D eigenvalue weighted by Gasteiger charge is -2.22. The van der Waals surface area contributed by atoms with Crippen LogP contribution in [0.25, 0.3) is 0 Å². The van der Waals surface area contributed by atoms with Crippen molar-refractivity contribution in [2.24, 2.45) is 0 Å². The number of carbonyl (C=O) groups is 1. The molecule has 0 aromatic heterocycles. The van der Waals surface area contributed by atoms with Crippen molar-refractivity contribution in [2.45, 2.75) is 39.3 Å². The van der Waals surface area contributed by atoms with Crippen molar-refractivity contribution in [3.63, 3.8) is 0 Å². The quantitative estimate of drug-likeness (QED) is 0.820. The second-order valence-corrected chi connectivity index (χ2v) is 4.43. The molecule has 0 spiro atoms. The molecule has 1 aromatic carbocycles. The number of nitrogens with one attached hydrogen (secondary N) is 1. The molecular formula is C14H20FNO2. The van der Waals surface area contributed by atoms with Gasteiger partial charge in [0, 0.05) is 6.04 Å². The minimum atomic E-state index is -0.550. The third-order valence-electron chi connectivity index (χ3n) is 3.04. The Morgan fingerprint density at radius 1 is 1.50 bits per heavy atom. The monoisotopic (exact) mass is 253 g/mol. The number of benzene rings is 1. The zero-order valence-corrected chi connectivity index (χ0v) is 11.3. The maximum atomic E-state index is 13.1. The van der Waals surface area contributed by atoms with Crippen molar-refractivity contribution in [3.05, 3.63) is 35.1 Å². The van der Waals surface area contributed by atoms with Gasteiger partial charge in [-0.05, 0) is 43.5 Å². The third-order valence-corrected chi connectivity index (χ3v) is 3.04. The number of ether oxygens (including phenoxy) is 1. The Morgan fingerprint density at radius 3 is 2.67 bits per heavy atom. The summed E-state index contributed by atoms with van der Waals surface area (Å²) in [5, 5.41) is 3.20. The Morgan fingerprint density at radius 2 is 2.17 bits per heavy atom. The minimum Gasteiger partial charge on any atom is -0.468 e. The fourth-order valence-electron chi connectivity index (χ4n) is 1.77. The molecule has 2 unspecified atom stereocenters. The Labute approximate surface area is 107 Å². The molecule has 4 heteroatoms. The summed E-state index contributed by atoms with van der Waals surface area (Å²) in [4.78, 5) is 11.8. The SMILES string of the molecule is CCC(C)NC(C(=O)OC)c1ccc(F)cc1C. The van der Waals surface area contributed by atoms with E-state index in [1.54, 1.807) is 13.0 Å². The van der Waals surface area contributed by atoms with Gasteiger partial charge in [0.1, 0.15) is 11.9 Å². The topological polar surface area (TPSA) is 38.3 Å². The second-order valence-electron chi connectivity index (χ2n) is 4.43. The van der Waals surface area contributed by atoms with E-state index < -0.39 is 6.04 Å². The molecule has 1 aromatic rings. The molecule has 1 rings (SSSR count). The number of halogens is 1. The highest BCUT2D eigenvalue weighted by molar-refractivity contribution is 5.78. The van der Waals surface area contributed by atoms with Gasteiger partial charge in [-0.3, -0.25) is 5.32 Å². The molecule has 0 fully saturated rings. The molecule has 0 saturated heterocycles. The standard InChI is InChI=1S/C14H20FNO2/c1-5-10(3)16-13(14(17)18-4)12-7-6-11(15)8-9(12)2/h6-8,10,13,16H,5H2,1-4H3. The van der Waals surface area contributed by atoms with E-state index in [1.165, 1.54) is 19.2 Å². The Hall–Kier alpha value is -1.42. The molecule has 0 saturated carbocycles. The molecule has 3 nitrogen and oxygen atoms in total. The Kier molecular flexibility index (Phi) is 5.28. The van der Waals surface area contributed by atoms with Crippen LogP contribution in [0.4, 0.5) is 4.39 Å². The average Bonchev–Trinajstić information content (AvgIpc) is 2.35. The van der Waals surface area contributed by atoms with Crippen LogP contribution in [0.1, 0.15) is 37.4 Å². The smallest absolute Gasteiger partial charge is 0.327 e. The van der Waals surface area contributed by atoms with E-state index in [0.717, 1.165) is 17.5 Å². The Bertz CT molecular complexity index is 420. The average molecular weight is 253 g/mol. The number of hydrogen-bond acceptors (Lipinski definition) is 3. The van der Waals surface area contributed by atoms with E-state index in [-0.39, 0.29) is 17.8 Å². The normalized spacial score (nSPS) is 14.1. The van der Waals surface area contributed by atoms with Gasteiger partial charge in [-0.25, -0.2) is 9.18 Å². The van der Waals surface area contributed by atoms with Crippen LogP contribution in [0.2, 0.25) is 0 Å². The first-order valence-electron chi connectivity index (χ1n) is 6.09. The predicted molar refractivity (Wildman–Crippen MR) is 68.8 cm³/mol. The van der Waals surface area contributed by atoms with Crippen molar-refractivity contribution in [1.29, 1.82) is 0 Å². The second kappa shape index (κ2) is 6.50. The van der Waals surface area contributed by atoms with Gasteiger partial charge in [0.25, 0.3) is 0 Å². The lowest BCUT2D eigenvalue weighted by atomic mass is 10.00. The molecule has 0 aliphatic carbocycles. The summed E-state index contributed by atoms with van der Waals surface area (Å²) in [7, 11) is 1.35. The van der Waals surface area contributed by atoms with Crippen molar-refractivity contribution >= 4 is 5.97 Å². The molecule has 18 heavy (non-hydrogen) atoms. The summed E-state index contributed by atoms with van der Waals surface area (Å²) in [6.07, 6.45) is 0.897. The minimum absolute atomic E-state index is 0.179.